The Morgan fingerprint density at radius 3 is 2.42 bits per heavy atom. The molecule has 1 atom stereocenters. The van der Waals surface area contributed by atoms with Crippen molar-refractivity contribution in [3.63, 3.8) is 0 Å². The predicted molar refractivity (Wildman–Crippen MR) is 101 cm³/mol. The van der Waals surface area contributed by atoms with E-state index >= 15 is 0 Å². The second-order valence-electron chi connectivity index (χ2n) is 6.66. The number of nitrogens with two attached hydrogens (primary N) is 1. The van der Waals surface area contributed by atoms with Crippen LogP contribution in [0, 0.1) is 0 Å². The first-order valence-electron chi connectivity index (χ1n) is 8.26. The third-order valence-corrected chi connectivity index (χ3v) is 4.89. The van der Waals surface area contributed by atoms with Crippen LogP contribution in [-0.2, 0) is 12.0 Å². The zero-order chi connectivity index (χ0) is 16.3. The van der Waals surface area contributed by atoms with Crippen molar-refractivity contribution in [2.24, 2.45) is 5.73 Å². The standard InChI is InChI=1S/C20H24N2O.ClH/c1-20(18-6-3-2-4-7-18)12-5-13-22(15-20)19(23)17-10-8-16(14-21)9-11-17;/h2-4,6-11H,5,12-15,21H2,1H3;1H. The van der Waals surface area contributed by atoms with Crippen LogP contribution in [-0.4, -0.2) is 23.9 Å². The van der Waals surface area contributed by atoms with E-state index in [9.17, 15) is 4.79 Å². The minimum Gasteiger partial charge on any atom is -0.338 e. The summed E-state index contributed by atoms with van der Waals surface area (Å²) in [4.78, 5) is 14.8. The molecule has 0 spiro atoms. The molecule has 3 nitrogen and oxygen atoms in total. The fraction of sp³-hybridized carbons (Fsp3) is 0.350. The Balaban J connectivity index is 0.00000208. The summed E-state index contributed by atoms with van der Waals surface area (Å²) in [6, 6.07) is 18.2. The van der Waals surface area contributed by atoms with Gasteiger partial charge in [-0.05, 0) is 36.1 Å². The van der Waals surface area contributed by atoms with E-state index in [-0.39, 0.29) is 23.7 Å². The molecule has 1 fully saturated rings. The van der Waals surface area contributed by atoms with Crippen molar-refractivity contribution in [3.8, 4) is 0 Å². The number of hydrogen-bond donors (Lipinski definition) is 1. The molecule has 0 saturated carbocycles. The van der Waals surface area contributed by atoms with Crippen LogP contribution in [0.3, 0.4) is 0 Å². The number of carbonyl (C=O) groups is 1. The van der Waals surface area contributed by atoms with Crippen LogP contribution in [0.4, 0.5) is 0 Å². The summed E-state index contributed by atoms with van der Waals surface area (Å²) in [6.07, 6.45) is 2.16. The minimum atomic E-state index is 0. The first kappa shape index (κ1) is 18.5. The number of rotatable bonds is 3. The molecule has 1 amide bonds. The van der Waals surface area contributed by atoms with Gasteiger partial charge in [-0.25, -0.2) is 0 Å². The fourth-order valence-electron chi connectivity index (χ4n) is 3.45. The SMILES string of the molecule is CC1(c2ccccc2)CCCN(C(=O)c2ccc(CN)cc2)C1.Cl. The molecule has 2 aromatic rings. The van der Waals surface area contributed by atoms with Crippen LogP contribution in [0.5, 0.6) is 0 Å². The summed E-state index contributed by atoms with van der Waals surface area (Å²) in [5.41, 5.74) is 8.77. The van der Waals surface area contributed by atoms with Crippen LogP contribution in [0.15, 0.2) is 54.6 Å². The van der Waals surface area contributed by atoms with E-state index in [1.165, 1.54) is 5.56 Å². The lowest BCUT2D eigenvalue weighted by atomic mass is 9.76. The fourth-order valence-corrected chi connectivity index (χ4v) is 3.45. The van der Waals surface area contributed by atoms with Gasteiger partial charge in [0.25, 0.3) is 5.91 Å². The molecule has 128 valence electrons. The topological polar surface area (TPSA) is 46.3 Å². The predicted octanol–water partition coefficient (Wildman–Crippen LogP) is 3.76. The lowest BCUT2D eigenvalue weighted by Crippen LogP contribution is -2.47. The molecule has 0 aliphatic carbocycles. The van der Waals surface area contributed by atoms with Gasteiger partial charge < -0.3 is 10.6 Å². The number of amides is 1. The second kappa shape index (κ2) is 7.82. The van der Waals surface area contributed by atoms with Crippen molar-refractivity contribution < 1.29 is 4.79 Å². The van der Waals surface area contributed by atoms with Gasteiger partial charge in [0.1, 0.15) is 0 Å². The third-order valence-electron chi connectivity index (χ3n) is 4.89. The number of nitrogens with zero attached hydrogens (tertiary/aromatic N) is 1. The van der Waals surface area contributed by atoms with Gasteiger partial charge in [-0.15, -0.1) is 12.4 Å². The van der Waals surface area contributed by atoms with Gasteiger partial charge in [0.2, 0.25) is 0 Å². The molecule has 0 radical (unpaired) electrons. The van der Waals surface area contributed by atoms with Crippen molar-refractivity contribution in [1.29, 1.82) is 0 Å². The van der Waals surface area contributed by atoms with Crippen molar-refractivity contribution in [2.45, 2.75) is 31.7 Å². The maximum Gasteiger partial charge on any atom is 0.253 e. The number of piperidine rings is 1. The summed E-state index contributed by atoms with van der Waals surface area (Å²) >= 11 is 0. The zero-order valence-corrected chi connectivity index (χ0v) is 14.9. The van der Waals surface area contributed by atoms with E-state index < -0.39 is 0 Å². The molecular formula is C20H25ClN2O. The Labute approximate surface area is 150 Å². The summed E-state index contributed by atoms with van der Waals surface area (Å²) in [5, 5.41) is 0. The van der Waals surface area contributed by atoms with Gasteiger partial charge in [-0.2, -0.15) is 0 Å². The number of hydrogen-bond acceptors (Lipinski definition) is 2. The van der Waals surface area contributed by atoms with Crippen LogP contribution in [0.2, 0.25) is 0 Å². The molecule has 1 aliphatic rings. The maximum absolute atomic E-state index is 12.8. The summed E-state index contributed by atoms with van der Waals surface area (Å²) in [5.74, 6) is 0.121. The number of halogens is 1. The molecule has 2 N–H and O–H groups in total. The Morgan fingerprint density at radius 1 is 1.12 bits per heavy atom. The average molecular weight is 345 g/mol. The summed E-state index contributed by atoms with van der Waals surface area (Å²) in [6.45, 7) is 4.37. The third kappa shape index (κ3) is 3.80. The summed E-state index contributed by atoms with van der Waals surface area (Å²) < 4.78 is 0. The molecule has 0 bridgehead atoms. The normalized spacial score (nSPS) is 20.3. The Kier molecular flexibility index (Phi) is 6.03. The number of carbonyl (C=O) groups excluding carboxylic acids is 1. The van der Waals surface area contributed by atoms with Gasteiger partial charge in [0.15, 0.2) is 0 Å². The lowest BCUT2D eigenvalue weighted by molar-refractivity contribution is 0.0651. The van der Waals surface area contributed by atoms with Gasteiger partial charge >= 0.3 is 0 Å². The molecule has 1 saturated heterocycles. The number of benzene rings is 2. The highest BCUT2D eigenvalue weighted by Crippen LogP contribution is 2.34. The molecule has 0 aromatic heterocycles. The van der Waals surface area contributed by atoms with Gasteiger partial charge in [0, 0.05) is 30.6 Å². The average Bonchev–Trinajstić information content (AvgIpc) is 2.62. The van der Waals surface area contributed by atoms with E-state index in [4.69, 9.17) is 5.73 Å². The van der Waals surface area contributed by atoms with Crippen molar-refractivity contribution in [3.05, 3.63) is 71.3 Å². The first-order valence-corrected chi connectivity index (χ1v) is 8.26. The monoisotopic (exact) mass is 344 g/mol. The van der Waals surface area contributed by atoms with Gasteiger partial charge in [-0.3, -0.25) is 4.79 Å². The largest absolute Gasteiger partial charge is 0.338 e. The first-order chi connectivity index (χ1) is 11.1. The van der Waals surface area contributed by atoms with E-state index in [1.807, 2.05) is 35.2 Å². The molecule has 4 heteroatoms. The van der Waals surface area contributed by atoms with Gasteiger partial charge in [0.05, 0.1) is 0 Å². The van der Waals surface area contributed by atoms with E-state index in [1.54, 1.807) is 0 Å². The van der Waals surface area contributed by atoms with Gasteiger partial charge in [-0.1, -0.05) is 49.4 Å². The highest BCUT2D eigenvalue weighted by Gasteiger charge is 2.34. The van der Waals surface area contributed by atoms with Crippen LogP contribution in [0.1, 0.15) is 41.3 Å². The maximum atomic E-state index is 12.8. The van der Waals surface area contributed by atoms with E-state index in [0.717, 1.165) is 37.1 Å². The molecular weight excluding hydrogens is 320 g/mol. The van der Waals surface area contributed by atoms with Crippen LogP contribution >= 0.6 is 12.4 Å². The zero-order valence-electron chi connectivity index (χ0n) is 14.1. The van der Waals surface area contributed by atoms with E-state index in [2.05, 4.69) is 31.2 Å². The summed E-state index contributed by atoms with van der Waals surface area (Å²) in [7, 11) is 0. The molecule has 1 heterocycles. The van der Waals surface area contributed by atoms with Crippen molar-refractivity contribution >= 4 is 18.3 Å². The minimum absolute atomic E-state index is 0. The molecule has 1 unspecified atom stereocenters. The Hall–Kier alpha value is -1.84. The molecule has 3 rings (SSSR count). The molecule has 1 aliphatic heterocycles. The highest BCUT2D eigenvalue weighted by molar-refractivity contribution is 5.94. The quantitative estimate of drug-likeness (QED) is 0.921. The van der Waals surface area contributed by atoms with Crippen molar-refractivity contribution in [1.82, 2.24) is 4.90 Å². The smallest absolute Gasteiger partial charge is 0.253 e. The van der Waals surface area contributed by atoms with Crippen molar-refractivity contribution in [2.75, 3.05) is 13.1 Å². The highest BCUT2D eigenvalue weighted by atomic mass is 35.5. The molecule has 2 aromatic carbocycles. The van der Waals surface area contributed by atoms with Crippen LogP contribution in [0.25, 0.3) is 0 Å². The lowest BCUT2D eigenvalue weighted by Gasteiger charge is -2.41. The van der Waals surface area contributed by atoms with Crippen LogP contribution < -0.4 is 5.73 Å². The molecule has 24 heavy (non-hydrogen) atoms. The Bertz CT molecular complexity index is 672. The Morgan fingerprint density at radius 2 is 1.79 bits per heavy atom. The number of likely N-dealkylation sites (tertiary alicyclic amines) is 1. The van der Waals surface area contributed by atoms with E-state index in [0.29, 0.717) is 6.54 Å². The second-order valence-corrected chi connectivity index (χ2v) is 6.66.